The molecule has 0 saturated heterocycles. The number of hydrogen-bond donors (Lipinski definition) is 1. The van der Waals surface area contributed by atoms with Gasteiger partial charge in [0.1, 0.15) is 0 Å². The third-order valence-corrected chi connectivity index (χ3v) is 2.71. The summed E-state index contributed by atoms with van der Waals surface area (Å²) in [5, 5.41) is 3.38. The standard InChI is InChI=1S/C16H17N/c1-14(15-8-4-2-5-9-15)12-13-17-16-10-6-3-7-11-16/h2-11,17H,1,12-13H2. The first-order valence-corrected chi connectivity index (χ1v) is 5.88. The van der Waals surface area contributed by atoms with Crippen molar-refractivity contribution in [3.63, 3.8) is 0 Å². The Morgan fingerprint density at radius 2 is 1.47 bits per heavy atom. The summed E-state index contributed by atoms with van der Waals surface area (Å²) in [4.78, 5) is 0. The van der Waals surface area contributed by atoms with E-state index in [1.807, 2.05) is 36.4 Å². The zero-order valence-electron chi connectivity index (χ0n) is 9.89. The van der Waals surface area contributed by atoms with E-state index in [0.29, 0.717) is 0 Å². The fourth-order valence-corrected chi connectivity index (χ4v) is 1.73. The molecule has 0 unspecified atom stereocenters. The summed E-state index contributed by atoms with van der Waals surface area (Å²) in [6.07, 6.45) is 0.957. The zero-order chi connectivity index (χ0) is 11.9. The minimum absolute atomic E-state index is 0.914. The number of benzene rings is 2. The Labute approximate surface area is 103 Å². The van der Waals surface area contributed by atoms with Crippen LogP contribution in [-0.4, -0.2) is 6.54 Å². The molecule has 2 aromatic carbocycles. The van der Waals surface area contributed by atoms with E-state index in [1.54, 1.807) is 0 Å². The maximum Gasteiger partial charge on any atom is 0.0340 e. The van der Waals surface area contributed by atoms with Gasteiger partial charge in [-0.05, 0) is 29.7 Å². The monoisotopic (exact) mass is 223 g/mol. The van der Waals surface area contributed by atoms with Crippen LogP contribution >= 0.6 is 0 Å². The van der Waals surface area contributed by atoms with Crippen LogP contribution in [0.5, 0.6) is 0 Å². The van der Waals surface area contributed by atoms with Crippen LogP contribution in [0.3, 0.4) is 0 Å². The Kier molecular flexibility index (Phi) is 3.98. The first kappa shape index (κ1) is 11.5. The van der Waals surface area contributed by atoms with E-state index in [0.717, 1.165) is 18.7 Å². The molecule has 1 nitrogen and oxygen atoms in total. The van der Waals surface area contributed by atoms with E-state index >= 15 is 0 Å². The van der Waals surface area contributed by atoms with Gasteiger partial charge in [0.25, 0.3) is 0 Å². The van der Waals surface area contributed by atoms with Gasteiger partial charge in [-0.25, -0.2) is 0 Å². The molecule has 86 valence electrons. The average molecular weight is 223 g/mol. The quantitative estimate of drug-likeness (QED) is 0.801. The van der Waals surface area contributed by atoms with Crippen molar-refractivity contribution in [1.82, 2.24) is 0 Å². The minimum atomic E-state index is 0.914. The Bertz CT molecular complexity index is 459. The topological polar surface area (TPSA) is 12.0 Å². The Morgan fingerprint density at radius 1 is 0.882 bits per heavy atom. The Hall–Kier alpha value is -2.02. The van der Waals surface area contributed by atoms with Gasteiger partial charge in [-0.1, -0.05) is 55.1 Å². The molecule has 0 saturated carbocycles. The smallest absolute Gasteiger partial charge is 0.0340 e. The molecule has 1 heteroatoms. The fraction of sp³-hybridized carbons (Fsp3) is 0.125. The predicted octanol–water partition coefficient (Wildman–Crippen LogP) is 4.20. The van der Waals surface area contributed by atoms with Crippen LogP contribution in [0.4, 0.5) is 5.69 Å². The molecular weight excluding hydrogens is 206 g/mol. The molecule has 0 spiro atoms. The van der Waals surface area contributed by atoms with Crippen molar-refractivity contribution < 1.29 is 0 Å². The second-order valence-corrected chi connectivity index (χ2v) is 4.01. The van der Waals surface area contributed by atoms with E-state index < -0.39 is 0 Å². The van der Waals surface area contributed by atoms with Crippen molar-refractivity contribution in [1.29, 1.82) is 0 Å². The van der Waals surface area contributed by atoms with Crippen molar-refractivity contribution in [2.45, 2.75) is 6.42 Å². The Balaban J connectivity index is 1.82. The molecule has 0 aliphatic heterocycles. The molecule has 0 radical (unpaired) electrons. The summed E-state index contributed by atoms with van der Waals surface area (Å²) < 4.78 is 0. The highest BCUT2D eigenvalue weighted by molar-refractivity contribution is 5.63. The second kappa shape index (κ2) is 5.90. The van der Waals surface area contributed by atoms with Crippen LogP contribution in [0.25, 0.3) is 5.57 Å². The SMILES string of the molecule is C=C(CCNc1ccccc1)c1ccccc1. The Morgan fingerprint density at radius 3 is 2.12 bits per heavy atom. The maximum atomic E-state index is 4.12. The third-order valence-electron chi connectivity index (χ3n) is 2.71. The molecule has 0 bridgehead atoms. The van der Waals surface area contributed by atoms with E-state index in [2.05, 4.69) is 36.2 Å². The van der Waals surface area contributed by atoms with Crippen molar-refractivity contribution in [2.24, 2.45) is 0 Å². The van der Waals surface area contributed by atoms with Crippen LogP contribution in [0.1, 0.15) is 12.0 Å². The van der Waals surface area contributed by atoms with Gasteiger partial charge in [0.15, 0.2) is 0 Å². The van der Waals surface area contributed by atoms with Gasteiger partial charge < -0.3 is 5.32 Å². The average Bonchev–Trinajstić information content (AvgIpc) is 2.41. The molecule has 0 aliphatic carbocycles. The molecular formula is C16H17N. The molecule has 17 heavy (non-hydrogen) atoms. The normalized spacial score (nSPS) is 9.88. The lowest BCUT2D eigenvalue weighted by atomic mass is 10.1. The van der Waals surface area contributed by atoms with Gasteiger partial charge in [0, 0.05) is 12.2 Å². The predicted molar refractivity (Wildman–Crippen MR) is 75.0 cm³/mol. The number of para-hydroxylation sites is 1. The summed E-state index contributed by atoms with van der Waals surface area (Å²) in [6.45, 7) is 5.03. The maximum absolute atomic E-state index is 4.12. The molecule has 0 atom stereocenters. The summed E-state index contributed by atoms with van der Waals surface area (Å²) in [5.41, 5.74) is 3.56. The van der Waals surface area contributed by atoms with Gasteiger partial charge in [0.2, 0.25) is 0 Å². The highest BCUT2D eigenvalue weighted by atomic mass is 14.9. The number of nitrogens with one attached hydrogen (secondary N) is 1. The summed E-state index contributed by atoms with van der Waals surface area (Å²) in [7, 11) is 0. The molecule has 0 aliphatic rings. The van der Waals surface area contributed by atoms with Gasteiger partial charge in [-0.3, -0.25) is 0 Å². The van der Waals surface area contributed by atoms with Crippen LogP contribution < -0.4 is 5.32 Å². The lowest BCUT2D eigenvalue weighted by Crippen LogP contribution is -2.01. The summed E-state index contributed by atoms with van der Waals surface area (Å²) in [5.74, 6) is 0. The first-order chi connectivity index (χ1) is 8.36. The van der Waals surface area contributed by atoms with E-state index in [-0.39, 0.29) is 0 Å². The van der Waals surface area contributed by atoms with Crippen molar-refractivity contribution >= 4 is 11.3 Å². The van der Waals surface area contributed by atoms with E-state index in [1.165, 1.54) is 11.1 Å². The minimum Gasteiger partial charge on any atom is -0.385 e. The highest BCUT2D eigenvalue weighted by Crippen LogP contribution is 2.15. The molecule has 1 N–H and O–H groups in total. The second-order valence-electron chi connectivity index (χ2n) is 4.01. The molecule has 0 aromatic heterocycles. The van der Waals surface area contributed by atoms with Crippen LogP contribution in [0.15, 0.2) is 67.2 Å². The van der Waals surface area contributed by atoms with Crippen LogP contribution in [0.2, 0.25) is 0 Å². The number of rotatable bonds is 5. The number of anilines is 1. The van der Waals surface area contributed by atoms with Crippen LogP contribution in [-0.2, 0) is 0 Å². The molecule has 2 rings (SSSR count). The van der Waals surface area contributed by atoms with Crippen molar-refractivity contribution in [2.75, 3.05) is 11.9 Å². The summed E-state index contributed by atoms with van der Waals surface area (Å²) >= 11 is 0. The molecule has 0 amide bonds. The van der Waals surface area contributed by atoms with Gasteiger partial charge >= 0.3 is 0 Å². The zero-order valence-corrected chi connectivity index (χ0v) is 9.89. The van der Waals surface area contributed by atoms with E-state index in [9.17, 15) is 0 Å². The van der Waals surface area contributed by atoms with Crippen LogP contribution in [0, 0.1) is 0 Å². The number of hydrogen-bond acceptors (Lipinski definition) is 1. The molecule has 0 heterocycles. The van der Waals surface area contributed by atoms with E-state index in [4.69, 9.17) is 0 Å². The molecule has 2 aromatic rings. The highest BCUT2D eigenvalue weighted by Gasteiger charge is 1.97. The fourth-order valence-electron chi connectivity index (χ4n) is 1.73. The third kappa shape index (κ3) is 3.49. The largest absolute Gasteiger partial charge is 0.385 e. The van der Waals surface area contributed by atoms with Gasteiger partial charge in [-0.2, -0.15) is 0 Å². The molecule has 0 fully saturated rings. The first-order valence-electron chi connectivity index (χ1n) is 5.88. The lowest BCUT2D eigenvalue weighted by Gasteiger charge is -2.08. The van der Waals surface area contributed by atoms with Crippen molar-refractivity contribution in [3.8, 4) is 0 Å². The lowest BCUT2D eigenvalue weighted by molar-refractivity contribution is 1.08. The van der Waals surface area contributed by atoms with Gasteiger partial charge in [-0.15, -0.1) is 0 Å². The summed E-state index contributed by atoms with van der Waals surface area (Å²) in [6, 6.07) is 20.6. The van der Waals surface area contributed by atoms with Crippen molar-refractivity contribution in [3.05, 3.63) is 72.8 Å². The van der Waals surface area contributed by atoms with Gasteiger partial charge in [0.05, 0.1) is 0 Å².